The van der Waals surface area contributed by atoms with E-state index in [1.54, 1.807) is 10.6 Å². The van der Waals surface area contributed by atoms with Gasteiger partial charge in [0.15, 0.2) is 29.0 Å². The van der Waals surface area contributed by atoms with Gasteiger partial charge < -0.3 is 18.3 Å². The Balaban J connectivity index is 1.69. The molecule has 1 fully saturated rings. The summed E-state index contributed by atoms with van der Waals surface area (Å²) in [5.41, 5.74) is 0.475. The van der Waals surface area contributed by atoms with Crippen molar-refractivity contribution in [2.75, 3.05) is 6.61 Å². The molecule has 0 saturated carbocycles. The summed E-state index contributed by atoms with van der Waals surface area (Å²) in [7, 11) is -4.16. The van der Waals surface area contributed by atoms with Gasteiger partial charge in [-0.1, -0.05) is 53.7 Å². The number of ether oxygens (including phenoxy) is 2. The molecule has 0 amide bonds. The van der Waals surface area contributed by atoms with E-state index in [4.69, 9.17) is 18.3 Å². The van der Waals surface area contributed by atoms with Crippen LogP contribution in [-0.2, 0) is 13.6 Å². The van der Waals surface area contributed by atoms with E-state index in [2.05, 4.69) is 72.7 Å². The van der Waals surface area contributed by atoms with Crippen LogP contribution < -0.4 is 10.3 Å². The fourth-order valence-electron chi connectivity index (χ4n) is 3.90. The van der Waals surface area contributed by atoms with Crippen molar-refractivity contribution in [3.63, 3.8) is 0 Å². The Morgan fingerprint density at radius 2 is 1.62 bits per heavy atom. The first-order valence-corrected chi connectivity index (χ1v) is 18.0. The summed E-state index contributed by atoms with van der Waals surface area (Å²) >= 11 is 0. The molecule has 0 radical (unpaired) electrons. The number of aromatic nitrogens is 2. The van der Waals surface area contributed by atoms with Crippen molar-refractivity contribution < 1.29 is 18.3 Å². The first-order chi connectivity index (χ1) is 15.5. The molecule has 188 valence electrons. The second-order valence-corrected chi connectivity index (χ2v) is 22.2. The highest BCUT2D eigenvalue weighted by atomic mass is 28.4. The minimum atomic E-state index is -2.16. The molecule has 0 bridgehead atoms. The van der Waals surface area contributed by atoms with Gasteiger partial charge in [-0.25, -0.2) is 4.57 Å². The summed E-state index contributed by atoms with van der Waals surface area (Å²) in [6, 6.07) is 7.64. The van der Waals surface area contributed by atoms with Crippen molar-refractivity contribution in [2.45, 2.75) is 102 Å². The lowest BCUT2D eigenvalue weighted by Gasteiger charge is -2.41. The SMILES string of the molecule is CC(C)(C)[Si](C)(C)OC[C@@H]1O[C@H]2[C@H](Oc3nc4ccccc4c(=O)n32)[C@H]1O[Si](C)(C)C(C)(C)C. The number of hydrogen-bond donors (Lipinski definition) is 0. The number of benzene rings is 1. The predicted molar refractivity (Wildman–Crippen MR) is 140 cm³/mol. The highest BCUT2D eigenvalue weighted by Crippen LogP contribution is 2.45. The second kappa shape index (κ2) is 8.26. The molecule has 4 rings (SSSR count). The number of fused-ring (bicyclic) bond motifs is 4. The summed E-state index contributed by atoms with van der Waals surface area (Å²) in [6.45, 7) is 22.7. The summed E-state index contributed by atoms with van der Waals surface area (Å²) in [5, 5.41) is 0.660. The molecule has 4 atom stereocenters. The van der Waals surface area contributed by atoms with Crippen LogP contribution in [0.3, 0.4) is 0 Å². The van der Waals surface area contributed by atoms with Crippen LogP contribution in [0.25, 0.3) is 10.9 Å². The number of rotatable bonds is 5. The minimum Gasteiger partial charge on any atom is -0.454 e. The van der Waals surface area contributed by atoms with Crippen molar-refractivity contribution in [3.8, 4) is 6.01 Å². The Hall–Kier alpha value is -1.53. The first kappa shape index (κ1) is 25.6. The van der Waals surface area contributed by atoms with Crippen LogP contribution >= 0.6 is 0 Å². The maximum Gasteiger partial charge on any atom is 0.302 e. The second-order valence-electron chi connectivity index (χ2n) is 12.6. The Labute approximate surface area is 205 Å². The lowest BCUT2D eigenvalue weighted by atomic mass is 10.1. The largest absolute Gasteiger partial charge is 0.454 e. The summed E-state index contributed by atoms with van der Waals surface area (Å²) in [6.07, 6.45) is -1.70. The molecule has 0 unspecified atom stereocenters. The van der Waals surface area contributed by atoms with Crippen molar-refractivity contribution in [2.24, 2.45) is 0 Å². The molecular weight excluding hydrogens is 464 g/mol. The van der Waals surface area contributed by atoms with Crippen LogP contribution in [0.1, 0.15) is 47.8 Å². The van der Waals surface area contributed by atoms with E-state index in [-0.39, 0.29) is 27.8 Å². The maximum absolute atomic E-state index is 13.4. The molecule has 0 N–H and O–H groups in total. The van der Waals surface area contributed by atoms with Gasteiger partial charge in [0, 0.05) is 0 Å². The molecule has 2 aliphatic heterocycles. The number of hydrogen-bond acceptors (Lipinski definition) is 6. The molecule has 1 aromatic carbocycles. The minimum absolute atomic E-state index is 0.0190. The van der Waals surface area contributed by atoms with E-state index < -0.39 is 29.0 Å². The normalized spacial score (nSPS) is 25.4. The third-order valence-electron chi connectivity index (χ3n) is 8.21. The van der Waals surface area contributed by atoms with Crippen LogP contribution in [0.4, 0.5) is 0 Å². The predicted octanol–water partition coefficient (Wildman–Crippen LogP) is 5.47. The Kier molecular flexibility index (Phi) is 6.21. The third-order valence-corrected chi connectivity index (χ3v) is 17.2. The molecule has 0 spiro atoms. The average Bonchev–Trinajstić information content (AvgIpc) is 3.21. The van der Waals surface area contributed by atoms with Gasteiger partial charge >= 0.3 is 6.01 Å². The zero-order valence-electron chi connectivity index (χ0n) is 22.3. The lowest BCUT2D eigenvalue weighted by molar-refractivity contribution is -0.0392. The Morgan fingerprint density at radius 1 is 1.00 bits per heavy atom. The zero-order valence-corrected chi connectivity index (χ0v) is 24.3. The van der Waals surface area contributed by atoms with Crippen LogP contribution in [0.5, 0.6) is 6.01 Å². The van der Waals surface area contributed by atoms with Crippen molar-refractivity contribution >= 4 is 27.5 Å². The van der Waals surface area contributed by atoms with Crippen molar-refractivity contribution in [1.82, 2.24) is 9.55 Å². The van der Waals surface area contributed by atoms with E-state index in [1.807, 2.05) is 18.2 Å². The topological polar surface area (TPSA) is 71.8 Å². The van der Waals surface area contributed by atoms with Gasteiger partial charge in [0.1, 0.15) is 12.2 Å². The smallest absolute Gasteiger partial charge is 0.302 e. The molecule has 1 saturated heterocycles. The lowest BCUT2D eigenvalue weighted by Crippen LogP contribution is -2.51. The van der Waals surface area contributed by atoms with E-state index in [0.29, 0.717) is 23.5 Å². The van der Waals surface area contributed by atoms with Crippen LogP contribution in [0.15, 0.2) is 29.1 Å². The van der Waals surface area contributed by atoms with E-state index in [1.165, 1.54) is 0 Å². The molecule has 34 heavy (non-hydrogen) atoms. The van der Waals surface area contributed by atoms with E-state index in [0.717, 1.165) is 0 Å². The fraction of sp³-hybridized carbons (Fsp3) is 0.680. The van der Waals surface area contributed by atoms with Gasteiger partial charge in [0.2, 0.25) is 0 Å². The van der Waals surface area contributed by atoms with Gasteiger partial charge in [-0.2, -0.15) is 4.98 Å². The number of para-hydroxylation sites is 1. The van der Waals surface area contributed by atoms with Gasteiger partial charge in [-0.3, -0.25) is 4.79 Å². The monoisotopic (exact) mass is 504 g/mol. The fourth-order valence-corrected chi connectivity index (χ4v) is 6.23. The van der Waals surface area contributed by atoms with E-state index in [9.17, 15) is 4.79 Å². The molecule has 3 heterocycles. The average molecular weight is 505 g/mol. The third kappa shape index (κ3) is 4.30. The Morgan fingerprint density at radius 3 is 2.24 bits per heavy atom. The van der Waals surface area contributed by atoms with Crippen LogP contribution in [0, 0.1) is 0 Å². The van der Waals surface area contributed by atoms with Crippen LogP contribution in [-0.4, -0.2) is 51.1 Å². The summed E-state index contributed by atoms with van der Waals surface area (Å²) in [4.78, 5) is 18.0. The van der Waals surface area contributed by atoms with Crippen molar-refractivity contribution in [3.05, 3.63) is 34.6 Å². The standard InChI is InChI=1S/C25H40N2O5Si2/c1-24(2,3)33(7,8)29-15-18-19(32-34(9,10)25(4,5)6)20-22(30-18)27-21(28)16-13-11-12-14-17(16)26-23(27)31-20/h11-14,18-20,22H,15H2,1-10H3/t18-,19-,20+,22-/m0/s1. The molecular formula is C25H40N2O5Si2. The van der Waals surface area contributed by atoms with Gasteiger partial charge in [-0.15, -0.1) is 0 Å². The molecule has 0 aliphatic carbocycles. The molecule has 9 heteroatoms. The molecule has 7 nitrogen and oxygen atoms in total. The van der Waals surface area contributed by atoms with Gasteiger partial charge in [-0.05, 0) is 48.4 Å². The zero-order chi connectivity index (χ0) is 25.3. The van der Waals surface area contributed by atoms with E-state index >= 15 is 0 Å². The van der Waals surface area contributed by atoms with Gasteiger partial charge in [0.25, 0.3) is 5.56 Å². The Bertz CT molecular complexity index is 1130. The highest BCUT2D eigenvalue weighted by Gasteiger charge is 2.56. The number of nitrogens with zero attached hydrogens (tertiary/aromatic N) is 2. The quantitative estimate of drug-likeness (QED) is 0.503. The maximum atomic E-state index is 13.4. The highest BCUT2D eigenvalue weighted by molar-refractivity contribution is 6.74. The van der Waals surface area contributed by atoms with Crippen molar-refractivity contribution in [1.29, 1.82) is 0 Å². The summed E-state index contributed by atoms with van der Waals surface area (Å²) < 4.78 is 27.8. The summed E-state index contributed by atoms with van der Waals surface area (Å²) in [5.74, 6) is 0. The molecule has 1 aromatic heterocycles. The van der Waals surface area contributed by atoms with Crippen LogP contribution in [0.2, 0.25) is 36.3 Å². The first-order valence-electron chi connectivity index (χ1n) is 12.2. The molecule has 2 aromatic rings. The molecule has 2 aliphatic rings. The van der Waals surface area contributed by atoms with Gasteiger partial charge in [0.05, 0.1) is 17.5 Å².